The molecule has 1 aliphatic heterocycles. The highest BCUT2D eigenvalue weighted by molar-refractivity contribution is 6.30. The Morgan fingerprint density at radius 2 is 1.61 bits per heavy atom. The number of aryl methyl sites for hydroxylation is 1. The highest BCUT2D eigenvalue weighted by Crippen LogP contribution is 2.40. The molecule has 164 valence electrons. The number of benzene rings is 2. The van der Waals surface area contributed by atoms with Gasteiger partial charge in [-0.25, -0.2) is 0 Å². The van der Waals surface area contributed by atoms with E-state index in [2.05, 4.69) is 0 Å². The maximum atomic E-state index is 13.2. The summed E-state index contributed by atoms with van der Waals surface area (Å²) in [6.07, 6.45) is -8.02. The van der Waals surface area contributed by atoms with Crippen LogP contribution >= 0.6 is 0 Å². The number of ether oxygens (including phenoxy) is 2. The van der Waals surface area contributed by atoms with E-state index in [9.17, 15) is 40.2 Å². The smallest absolute Gasteiger partial charge is 0.201 e. The molecule has 0 radical (unpaired) electrons. The molecule has 1 heterocycles. The van der Waals surface area contributed by atoms with Gasteiger partial charge in [-0.2, -0.15) is 0 Å². The summed E-state index contributed by atoms with van der Waals surface area (Å²) in [6.45, 7) is 0.965. The van der Waals surface area contributed by atoms with Crippen LogP contribution in [0, 0.1) is 6.92 Å². The first-order chi connectivity index (χ1) is 14.6. The molecule has 2 aromatic rings. The first-order valence-corrected chi connectivity index (χ1v) is 9.41. The number of hydrogen-bond acceptors (Lipinski definition) is 10. The Bertz CT molecular complexity index is 1080. The molecule has 2 aromatic carbocycles. The van der Waals surface area contributed by atoms with Gasteiger partial charge in [0.15, 0.2) is 18.2 Å². The summed E-state index contributed by atoms with van der Waals surface area (Å²) in [5.74, 6) is -2.58. The zero-order chi connectivity index (χ0) is 22.6. The zero-order valence-corrected chi connectivity index (χ0v) is 16.2. The van der Waals surface area contributed by atoms with E-state index in [0.29, 0.717) is 5.56 Å². The Balaban J connectivity index is 1.80. The zero-order valence-electron chi connectivity index (χ0n) is 16.2. The van der Waals surface area contributed by atoms with Crippen LogP contribution in [0.15, 0.2) is 24.3 Å². The summed E-state index contributed by atoms with van der Waals surface area (Å²) in [4.78, 5) is 26.2. The molecule has 10 nitrogen and oxygen atoms in total. The van der Waals surface area contributed by atoms with Crippen molar-refractivity contribution < 1.29 is 49.7 Å². The molecule has 0 unspecified atom stereocenters. The van der Waals surface area contributed by atoms with Gasteiger partial charge in [-0.05, 0) is 30.7 Å². The number of aliphatic hydroxyl groups is 4. The Morgan fingerprint density at radius 1 is 0.935 bits per heavy atom. The van der Waals surface area contributed by atoms with E-state index in [1.54, 1.807) is 6.92 Å². The standard InChI is InChI=1S/C21H20O10/c1-7-2-9-14(11(24)3-7)18(27)15-10(16(9)25)4-8(23)5-12(15)30-20-19(28)17(26)13(6-22)31-21(20)29/h2-5,13,17,19-24,26,28-29H,6H2,1H3/t13-,17-,19+,20-,21-/m1/s1. The molecule has 2 aliphatic rings. The van der Waals surface area contributed by atoms with E-state index in [4.69, 9.17) is 9.47 Å². The monoisotopic (exact) mass is 432 g/mol. The summed E-state index contributed by atoms with van der Waals surface area (Å²) in [6, 6.07) is 4.84. The molecule has 0 bridgehead atoms. The van der Waals surface area contributed by atoms with Crippen LogP contribution in [0.5, 0.6) is 17.2 Å². The quantitative estimate of drug-likeness (QED) is 0.312. The molecule has 4 rings (SSSR count). The van der Waals surface area contributed by atoms with Gasteiger partial charge in [-0.1, -0.05) is 0 Å². The fraction of sp³-hybridized carbons (Fsp3) is 0.333. The molecule has 1 saturated heterocycles. The van der Waals surface area contributed by atoms with Gasteiger partial charge in [0.25, 0.3) is 0 Å². The largest absolute Gasteiger partial charge is 0.508 e. The molecule has 31 heavy (non-hydrogen) atoms. The lowest BCUT2D eigenvalue weighted by Crippen LogP contribution is -2.60. The number of carbonyl (C=O) groups is 2. The van der Waals surface area contributed by atoms with Crippen LogP contribution in [0.4, 0.5) is 0 Å². The number of hydrogen-bond donors (Lipinski definition) is 6. The van der Waals surface area contributed by atoms with Crippen molar-refractivity contribution in [3.63, 3.8) is 0 Å². The topological polar surface area (TPSA) is 174 Å². The van der Waals surface area contributed by atoms with E-state index < -0.39 is 60.4 Å². The normalized spacial score (nSPS) is 27.6. The number of rotatable bonds is 3. The van der Waals surface area contributed by atoms with Gasteiger partial charge < -0.3 is 40.1 Å². The van der Waals surface area contributed by atoms with Gasteiger partial charge in [0.1, 0.15) is 35.6 Å². The average molecular weight is 432 g/mol. The van der Waals surface area contributed by atoms with Gasteiger partial charge in [-0.15, -0.1) is 0 Å². The predicted molar refractivity (Wildman–Crippen MR) is 102 cm³/mol. The minimum atomic E-state index is -1.80. The van der Waals surface area contributed by atoms with Gasteiger partial charge >= 0.3 is 0 Å². The second kappa shape index (κ2) is 7.59. The van der Waals surface area contributed by atoms with E-state index in [1.807, 2.05) is 0 Å². The highest BCUT2D eigenvalue weighted by Gasteiger charge is 2.46. The predicted octanol–water partition coefficient (Wildman–Crippen LogP) is -0.640. The third-order valence-electron chi connectivity index (χ3n) is 5.40. The fourth-order valence-electron chi connectivity index (χ4n) is 3.91. The van der Waals surface area contributed by atoms with Crippen molar-refractivity contribution in [3.05, 3.63) is 52.1 Å². The maximum Gasteiger partial charge on any atom is 0.201 e. The van der Waals surface area contributed by atoms with Crippen molar-refractivity contribution >= 4 is 11.6 Å². The van der Waals surface area contributed by atoms with Crippen LogP contribution in [0.1, 0.15) is 37.4 Å². The van der Waals surface area contributed by atoms with Crippen molar-refractivity contribution in [3.8, 4) is 17.2 Å². The van der Waals surface area contributed by atoms with Crippen molar-refractivity contribution in [1.82, 2.24) is 0 Å². The first kappa shape index (κ1) is 21.2. The van der Waals surface area contributed by atoms with E-state index in [0.717, 1.165) is 12.1 Å². The van der Waals surface area contributed by atoms with Gasteiger partial charge in [0, 0.05) is 17.2 Å². The number of fused-ring (bicyclic) bond motifs is 2. The molecule has 0 spiro atoms. The molecule has 10 heteroatoms. The Labute approximate surface area is 175 Å². The number of ketones is 2. The molecule has 1 fully saturated rings. The highest BCUT2D eigenvalue weighted by atomic mass is 16.7. The number of carbonyl (C=O) groups excluding carboxylic acids is 2. The molecular weight excluding hydrogens is 412 g/mol. The van der Waals surface area contributed by atoms with Crippen LogP contribution in [0.3, 0.4) is 0 Å². The van der Waals surface area contributed by atoms with Crippen LogP contribution in [0.2, 0.25) is 0 Å². The fourth-order valence-corrected chi connectivity index (χ4v) is 3.91. The van der Waals surface area contributed by atoms with Gasteiger partial charge in [0.2, 0.25) is 5.78 Å². The molecule has 1 aliphatic carbocycles. The number of aliphatic hydroxyl groups excluding tert-OH is 4. The van der Waals surface area contributed by atoms with Crippen LogP contribution in [-0.4, -0.2) is 79.5 Å². The lowest BCUT2D eigenvalue weighted by atomic mass is 9.82. The SMILES string of the molecule is Cc1cc(O)c2c(c1)C(=O)c1cc(O)cc(O[C@@H]3[C@@H](O)[C@H](O)[C@@H](CO)O[C@H]3O)c1C2=O. The summed E-state index contributed by atoms with van der Waals surface area (Å²) in [5.41, 5.74) is -0.191. The van der Waals surface area contributed by atoms with E-state index in [-0.39, 0.29) is 28.0 Å². The Hall–Kier alpha value is -3.02. The van der Waals surface area contributed by atoms with Crippen LogP contribution in [0.25, 0.3) is 0 Å². The molecule has 0 amide bonds. The van der Waals surface area contributed by atoms with Crippen molar-refractivity contribution in [2.24, 2.45) is 0 Å². The molecular formula is C21H20O10. The number of phenolic OH excluding ortho intramolecular Hbond substituents is 2. The maximum absolute atomic E-state index is 13.2. The van der Waals surface area contributed by atoms with Crippen molar-refractivity contribution in [2.45, 2.75) is 37.6 Å². The Morgan fingerprint density at radius 3 is 2.29 bits per heavy atom. The second-order valence-electron chi connectivity index (χ2n) is 7.54. The molecule has 0 saturated carbocycles. The van der Waals surface area contributed by atoms with Gasteiger partial charge in [-0.3, -0.25) is 9.59 Å². The minimum Gasteiger partial charge on any atom is -0.508 e. The summed E-state index contributed by atoms with van der Waals surface area (Å²) >= 11 is 0. The number of phenols is 2. The molecule has 6 N–H and O–H groups in total. The van der Waals surface area contributed by atoms with E-state index >= 15 is 0 Å². The number of aromatic hydroxyl groups is 2. The van der Waals surface area contributed by atoms with E-state index in [1.165, 1.54) is 12.1 Å². The summed E-state index contributed by atoms with van der Waals surface area (Å²) < 4.78 is 10.6. The second-order valence-corrected chi connectivity index (χ2v) is 7.54. The van der Waals surface area contributed by atoms with Crippen LogP contribution < -0.4 is 4.74 Å². The first-order valence-electron chi connectivity index (χ1n) is 9.41. The van der Waals surface area contributed by atoms with Crippen molar-refractivity contribution in [2.75, 3.05) is 6.61 Å². The third-order valence-corrected chi connectivity index (χ3v) is 5.40. The average Bonchev–Trinajstić information content (AvgIpc) is 2.71. The Kier molecular flexibility index (Phi) is 5.20. The summed E-state index contributed by atoms with van der Waals surface area (Å²) in [5, 5.41) is 60.1. The molecule has 5 atom stereocenters. The van der Waals surface area contributed by atoms with Gasteiger partial charge in [0.05, 0.1) is 17.7 Å². The summed E-state index contributed by atoms with van der Waals surface area (Å²) in [7, 11) is 0. The van der Waals surface area contributed by atoms with Crippen molar-refractivity contribution in [1.29, 1.82) is 0 Å². The lowest BCUT2D eigenvalue weighted by Gasteiger charge is -2.40. The molecule has 0 aromatic heterocycles. The minimum absolute atomic E-state index is 0.0335. The van der Waals surface area contributed by atoms with Crippen LogP contribution in [-0.2, 0) is 4.74 Å². The third kappa shape index (κ3) is 3.34. The lowest BCUT2D eigenvalue weighted by molar-refractivity contribution is -0.280.